The SMILES string of the molecule is CNCC1CCN(C(=O)c2cc(C)ccc2NS(C)(=O)=O)CC1.Cl. The summed E-state index contributed by atoms with van der Waals surface area (Å²) in [7, 11) is -1.48. The van der Waals surface area contributed by atoms with Crippen LogP contribution < -0.4 is 10.0 Å². The Balaban J connectivity index is 0.00000288. The highest BCUT2D eigenvalue weighted by Gasteiger charge is 2.25. The van der Waals surface area contributed by atoms with E-state index >= 15 is 0 Å². The lowest BCUT2D eigenvalue weighted by atomic mass is 9.96. The zero-order chi connectivity index (χ0) is 17.0. The van der Waals surface area contributed by atoms with E-state index < -0.39 is 10.0 Å². The third-order valence-corrected chi connectivity index (χ3v) is 4.69. The Labute approximate surface area is 150 Å². The number of nitrogens with one attached hydrogen (secondary N) is 2. The van der Waals surface area contributed by atoms with E-state index in [1.54, 1.807) is 18.2 Å². The molecule has 0 atom stereocenters. The van der Waals surface area contributed by atoms with Gasteiger partial charge >= 0.3 is 0 Å². The minimum Gasteiger partial charge on any atom is -0.339 e. The minimum absolute atomic E-state index is 0. The van der Waals surface area contributed by atoms with Crippen LogP contribution in [0.1, 0.15) is 28.8 Å². The van der Waals surface area contributed by atoms with Crippen LogP contribution in [0, 0.1) is 12.8 Å². The molecule has 1 aliphatic heterocycles. The zero-order valence-corrected chi connectivity index (χ0v) is 16.0. The molecule has 0 radical (unpaired) electrons. The molecule has 0 saturated carbocycles. The van der Waals surface area contributed by atoms with Crippen molar-refractivity contribution in [2.75, 3.05) is 37.7 Å². The van der Waals surface area contributed by atoms with Gasteiger partial charge in [0.2, 0.25) is 10.0 Å². The van der Waals surface area contributed by atoms with Gasteiger partial charge in [0, 0.05) is 13.1 Å². The van der Waals surface area contributed by atoms with Crippen molar-refractivity contribution in [3.63, 3.8) is 0 Å². The standard InChI is InChI=1S/C16H25N3O3S.ClH/c1-12-4-5-15(18-23(3,21)22)14(10-12)16(20)19-8-6-13(7-9-19)11-17-2;/h4-5,10,13,17-18H,6-9,11H2,1-3H3;1H. The molecule has 6 nitrogen and oxygen atoms in total. The number of nitrogens with zero attached hydrogens (tertiary/aromatic N) is 1. The Bertz CT molecular complexity index is 671. The van der Waals surface area contributed by atoms with Gasteiger partial charge in [-0.25, -0.2) is 8.42 Å². The number of hydrogen-bond acceptors (Lipinski definition) is 4. The molecule has 24 heavy (non-hydrogen) atoms. The van der Waals surface area contributed by atoms with Crippen molar-refractivity contribution in [1.29, 1.82) is 0 Å². The van der Waals surface area contributed by atoms with Crippen LogP contribution in [0.2, 0.25) is 0 Å². The molecular weight excluding hydrogens is 350 g/mol. The van der Waals surface area contributed by atoms with Crippen LogP contribution in [-0.4, -0.2) is 52.2 Å². The van der Waals surface area contributed by atoms with Crippen molar-refractivity contribution in [1.82, 2.24) is 10.2 Å². The van der Waals surface area contributed by atoms with Crippen molar-refractivity contribution >= 4 is 34.0 Å². The van der Waals surface area contributed by atoms with Gasteiger partial charge in [-0.05, 0) is 51.4 Å². The van der Waals surface area contributed by atoms with Crippen LogP contribution in [-0.2, 0) is 10.0 Å². The van der Waals surface area contributed by atoms with E-state index in [1.165, 1.54) is 0 Å². The number of likely N-dealkylation sites (tertiary alicyclic amines) is 1. The lowest BCUT2D eigenvalue weighted by molar-refractivity contribution is 0.0692. The quantitative estimate of drug-likeness (QED) is 0.823. The van der Waals surface area contributed by atoms with E-state index in [0.29, 0.717) is 30.3 Å². The number of hydrogen-bond donors (Lipinski definition) is 2. The first-order chi connectivity index (χ1) is 10.8. The number of amides is 1. The molecule has 1 fully saturated rings. The van der Waals surface area contributed by atoms with Crippen molar-refractivity contribution in [3.05, 3.63) is 29.3 Å². The van der Waals surface area contributed by atoms with Gasteiger partial charge in [-0.3, -0.25) is 9.52 Å². The summed E-state index contributed by atoms with van der Waals surface area (Å²) in [6, 6.07) is 5.19. The van der Waals surface area contributed by atoms with Gasteiger partial charge in [-0.15, -0.1) is 12.4 Å². The van der Waals surface area contributed by atoms with Crippen molar-refractivity contribution < 1.29 is 13.2 Å². The van der Waals surface area contributed by atoms with Crippen LogP contribution >= 0.6 is 12.4 Å². The van der Waals surface area contributed by atoms with Gasteiger partial charge in [0.25, 0.3) is 5.91 Å². The second-order valence-electron chi connectivity index (χ2n) is 6.22. The Morgan fingerprint density at radius 2 is 1.92 bits per heavy atom. The number of rotatable bonds is 5. The van der Waals surface area contributed by atoms with Crippen molar-refractivity contribution in [2.24, 2.45) is 5.92 Å². The van der Waals surface area contributed by atoms with E-state index in [-0.39, 0.29) is 18.3 Å². The number of carbonyl (C=O) groups is 1. The van der Waals surface area contributed by atoms with E-state index in [0.717, 1.165) is 31.2 Å². The Hall–Kier alpha value is -1.31. The maximum atomic E-state index is 12.8. The zero-order valence-electron chi connectivity index (χ0n) is 14.3. The summed E-state index contributed by atoms with van der Waals surface area (Å²) in [5.74, 6) is 0.484. The summed E-state index contributed by atoms with van der Waals surface area (Å²) < 4.78 is 25.5. The van der Waals surface area contributed by atoms with Gasteiger partial charge < -0.3 is 10.2 Å². The number of sulfonamides is 1. The summed E-state index contributed by atoms with van der Waals surface area (Å²) in [5, 5.41) is 3.18. The highest BCUT2D eigenvalue weighted by molar-refractivity contribution is 7.92. The lowest BCUT2D eigenvalue weighted by Crippen LogP contribution is -2.40. The number of carbonyl (C=O) groups excluding carboxylic acids is 1. The van der Waals surface area contributed by atoms with Crippen molar-refractivity contribution in [3.8, 4) is 0 Å². The third kappa shape index (κ3) is 5.65. The number of benzene rings is 1. The Morgan fingerprint density at radius 1 is 1.29 bits per heavy atom. The fourth-order valence-electron chi connectivity index (χ4n) is 2.92. The van der Waals surface area contributed by atoms with Gasteiger partial charge in [0.05, 0.1) is 17.5 Å². The molecule has 0 unspecified atom stereocenters. The molecule has 1 aromatic carbocycles. The highest BCUT2D eigenvalue weighted by Crippen LogP contribution is 2.24. The van der Waals surface area contributed by atoms with E-state index in [9.17, 15) is 13.2 Å². The molecule has 1 amide bonds. The fourth-order valence-corrected chi connectivity index (χ4v) is 3.50. The number of aryl methyl sites for hydroxylation is 1. The lowest BCUT2D eigenvalue weighted by Gasteiger charge is -2.32. The van der Waals surface area contributed by atoms with Crippen LogP contribution in [0.5, 0.6) is 0 Å². The molecule has 1 aromatic rings. The molecule has 1 heterocycles. The summed E-state index contributed by atoms with van der Waals surface area (Å²) in [6.07, 6.45) is 3.02. The first kappa shape index (κ1) is 20.7. The molecule has 0 aromatic heterocycles. The minimum atomic E-state index is -3.42. The number of anilines is 1. The first-order valence-corrected chi connectivity index (χ1v) is 9.71. The summed E-state index contributed by atoms with van der Waals surface area (Å²) in [5.41, 5.74) is 1.69. The van der Waals surface area contributed by atoms with Gasteiger partial charge in [0.1, 0.15) is 0 Å². The molecular formula is C16H26ClN3O3S. The molecule has 0 bridgehead atoms. The normalized spacial score (nSPS) is 15.7. The topological polar surface area (TPSA) is 78.5 Å². The monoisotopic (exact) mass is 375 g/mol. The van der Waals surface area contributed by atoms with E-state index in [1.807, 2.05) is 18.9 Å². The highest BCUT2D eigenvalue weighted by atomic mass is 35.5. The third-order valence-electron chi connectivity index (χ3n) is 4.10. The van der Waals surface area contributed by atoms with Crippen LogP contribution in [0.25, 0.3) is 0 Å². The van der Waals surface area contributed by atoms with E-state index in [4.69, 9.17) is 0 Å². The smallest absolute Gasteiger partial charge is 0.255 e. The van der Waals surface area contributed by atoms with E-state index in [2.05, 4.69) is 10.0 Å². The molecule has 8 heteroatoms. The van der Waals surface area contributed by atoms with Crippen molar-refractivity contribution in [2.45, 2.75) is 19.8 Å². The Kier molecular flexibility index (Phi) is 7.51. The maximum Gasteiger partial charge on any atom is 0.255 e. The second-order valence-corrected chi connectivity index (χ2v) is 7.96. The molecule has 2 rings (SSSR count). The molecule has 0 spiro atoms. The average Bonchev–Trinajstić information content (AvgIpc) is 2.48. The number of halogens is 1. The van der Waals surface area contributed by atoms with Gasteiger partial charge in [0.15, 0.2) is 0 Å². The molecule has 1 aliphatic rings. The summed E-state index contributed by atoms with van der Waals surface area (Å²) in [6.45, 7) is 4.27. The van der Waals surface area contributed by atoms with Crippen LogP contribution in [0.15, 0.2) is 18.2 Å². The predicted molar refractivity (Wildman–Crippen MR) is 99.4 cm³/mol. The first-order valence-electron chi connectivity index (χ1n) is 7.82. The van der Waals surface area contributed by atoms with Crippen LogP contribution in [0.4, 0.5) is 5.69 Å². The Morgan fingerprint density at radius 3 is 2.46 bits per heavy atom. The van der Waals surface area contributed by atoms with Gasteiger partial charge in [-0.2, -0.15) is 0 Å². The fraction of sp³-hybridized carbons (Fsp3) is 0.562. The molecule has 1 saturated heterocycles. The molecule has 2 N–H and O–H groups in total. The largest absolute Gasteiger partial charge is 0.339 e. The number of piperidine rings is 1. The maximum absolute atomic E-state index is 12.8. The molecule has 0 aliphatic carbocycles. The predicted octanol–water partition coefficient (Wildman–Crippen LogP) is 1.86. The summed E-state index contributed by atoms with van der Waals surface area (Å²) in [4.78, 5) is 14.6. The molecule has 136 valence electrons. The van der Waals surface area contributed by atoms with Gasteiger partial charge in [-0.1, -0.05) is 11.6 Å². The second kappa shape index (κ2) is 8.69. The average molecular weight is 376 g/mol. The summed E-state index contributed by atoms with van der Waals surface area (Å²) >= 11 is 0. The van der Waals surface area contributed by atoms with Crippen LogP contribution in [0.3, 0.4) is 0 Å².